The molecule has 1 aliphatic heterocycles. The van der Waals surface area contributed by atoms with E-state index in [2.05, 4.69) is 38.9 Å². The van der Waals surface area contributed by atoms with Crippen LogP contribution in [0.5, 0.6) is 0 Å². The Morgan fingerprint density at radius 2 is 1.95 bits per heavy atom. The summed E-state index contributed by atoms with van der Waals surface area (Å²) in [7, 11) is 1.83. The minimum absolute atomic E-state index is 0. The van der Waals surface area contributed by atoms with E-state index in [-0.39, 0.29) is 24.0 Å². The summed E-state index contributed by atoms with van der Waals surface area (Å²) in [6.07, 6.45) is 7.24. The molecule has 0 aromatic carbocycles. The van der Waals surface area contributed by atoms with Crippen LogP contribution in [0, 0.1) is 0 Å². The number of hydrogen-bond acceptors (Lipinski definition) is 3. The monoisotopic (exact) mass is 424 g/mol. The fraction of sp³-hybridized carbons (Fsp3) is 0.800. The van der Waals surface area contributed by atoms with Crippen LogP contribution in [0.2, 0.25) is 0 Å². The van der Waals surface area contributed by atoms with Crippen LogP contribution in [-0.4, -0.2) is 61.1 Å². The summed E-state index contributed by atoms with van der Waals surface area (Å²) in [5, 5.41) is 6.79. The summed E-state index contributed by atoms with van der Waals surface area (Å²) < 4.78 is 0. The molecule has 2 N–H and O–H groups in total. The van der Waals surface area contributed by atoms with Gasteiger partial charge < -0.3 is 10.6 Å². The molecule has 2 fully saturated rings. The van der Waals surface area contributed by atoms with Gasteiger partial charge in [0.1, 0.15) is 0 Å². The van der Waals surface area contributed by atoms with Crippen molar-refractivity contribution in [1.29, 1.82) is 0 Å². The minimum atomic E-state index is 0. The van der Waals surface area contributed by atoms with Gasteiger partial charge in [0.25, 0.3) is 0 Å². The molecule has 1 saturated heterocycles. The maximum Gasteiger partial charge on any atom is 0.191 e. The zero-order valence-corrected chi connectivity index (χ0v) is 16.2. The molecule has 0 amide bonds. The van der Waals surface area contributed by atoms with Crippen molar-refractivity contribution >= 4 is 41.7 Å². The Hall–Kier alpha value is 0.0500. The predicted molar refractivity (Wildman–Crippen MR) is 105 cm³/mol. The van der Waals surface area contributed by atoms with Crippen molar-refractivity contribution in [3.8, 4) is 0 Å². The Morgan fingerprint density at radius 3 is 2.52 bits per heavy atom. The largest absolute Gasteiger partial charge is 0.355 e. The van der Waals surface area contributed by atoms with Crippen LogP contribution in [0.4, 0.5) is 0 Å². The Bertz CT molecular complexity index is 337. The summed E-state index contributed by atoms with van der Waals surface area (Å²) >= 11 is 2.09. The van der Waals surface area contributed by atoms with E-state index in [0.717, 1.165) is 19.0 Å². The first-order valence-electron chi connectivity index (χ1n) is 7.69. The lowest BCUT2D eigenvalue weighted by Gasteiger charge is -2.43. The highest BCUT2D eigenvalue weighted by atomic mass is 127. The van der Waals surface area contributed by atoms with Gasteiger partial charge in [-0.05, 0) is 12.8 Å². The van der Waals surface area contributed by atoms with E-state index in [1.807, 2.05) is 13.1 Å². The molecule has 21 heavy (non-hydrogen) atoms. The number of nitrogens with zero attached hydrogens (tertiary/aromatic N) is 2. The normalized spacial score (nSPS) is 22.4. The van der Waals surface area contributed by atoms with Gasteiger partial charge in [-0.3, -0.25) is 9.89 Å². The third-order valence-electron chi connectivity index (χ3n) is 4.44. The maximum atomic E-state index is 4.29. The zero-order chi connectivity index (χ0) is 14.3. The predicted octanol–water partition coefficient (Wildman–Crippen LogP) is 2.32. The van der Waals surface area contributed by atoms with Crippen molar-refractivity contribution in [2.45, 2.75) is 31.2 Å². The molecule has 6 heteroatoms. The van der Waals surface area contributed by atoms with Gasteiger partial charge in [-0.2, -0.15) is 11.8 Å². The molecular formula is C15H29IN4S. The third-order valence-corrected chi connectivity index (χ3v) is 5.38. The van der Waals surface area contributed by atoms with Gasteiger partial charge in [-0.15, -0.1) is 30.6 Å². The number of aliphatic imine (C=N–C) groups is 1. The van der Waals surface area contributed by atoms with Gasteiger partial charge in [0, 0.05) is 50.3 Å². The van der Waals surface area contributed by atoms with Gasteiger partial charge in [0.15, 0.2) is 5.96 Å². The minimum Gasteiger partial charge on any atom is -0.355 e. The van der Waals surface area contributed by atoms with Gasteiger partial charge >= 0.3 is 0 Å². The van der Waals surface area contributed by atoms with E-state index >= 15 is 0 Å². The first kappa shape index (κ1) is 19.1. The van der Waals surface area contributed by atoms with E-state index < -0.39 is 0 Å². The molecule has 0 bridgehead atoms. The highest BCUT2D eigenvalue weighted by Gasteiger charge is 2.39. The molecule has 122 valence electrons. The summed E-state index contributed by atoms with van der Waals surface area (Å²) in [6.45, 7) is 7.98. The number of rotatable bonds is 5. The SMILES string of the molecule is C=CCNC(=NC)NCC1(N2CCSCC2)CCCC1.I. The maximum absolute atomic E-state index is 4.29. The number of hydrogen-bond donors (Lipinski definition) is 2. The first-order chi connectivity index (χ1) is 9.80. The van der Waals surface area contributed by atoms with Gasteiger partial charge in [-0.25, -0.2) is 0 Å². The van der Waals surface area contributed by atoms with Crippen molar-refractivity contribution in [2.75, 3.05) is 44.7 Å². The number of thioether (sulfide) groups is 1. The summed E-state index contributed by atoms with van der Waals surface area (Å²) in [5.74, 6) is 3.46. The second kappa shape index (κ2) is 9.94. The summed E-state index contributed by atoms with van der Waals surface area (Å²) in [6, 6.07) is 0. The van der Waals surface area contributed by atoms with Crippen molar-refractivity contribution in [3.05, 3.63) is 12.7 Å². The second-order valence-corrected chi connectivity index (χ2v) is 6.85. The molecular weight excluding hydrogens is 395 g/mol. The van der Waals surface area contributed by atoms with Crippen LogP contribution >= 0.6 is 35.7 Å². The Kier molecular flexibility index (Phi) is 9.04. The van der Waals surface area contributed by atoms with Crippen LogP contribution in [0.3, 0.4) is 0 Å². The second-order valence-electron chi connectivity index (χ2n) is 5.63. The van der Waals surface area contributed by atoms with Gasteiger partial charge in [-0.1, -0.05) is 18.9 Å². The third kappa shape index (κ3) is 5.32. The lowest BCUT2D eigenvalue weighted by molar-refractivity contribution is 0.107. The molecule has 1 aliphatic carbocycles. The Morgan fingerprint density at radius 1 is 1.29 bits per heavy atom. The van der Waals surface area contributed by atoms with Crippen LogP contribution in [0.15, 0.2) is 17.6 Å². The zero-order valence-electron chi connectivity index (χ0n) is 13.1. The highest BCUT2D eigenvalue weighted by molar-refractivity contribution is 14.0. The molecule has 0 aromatic heterocycles. The topological polar surface area (TPSA) is 39.7 Å². The summed E-state index contributed by atoms with van der Waals surface area (Å²) in [5.41, 5.74) is 0.354. The highest BCUT2D eigenvalue weighted by Crippen LogP contribution is 2.36. The van der Waals surface area contributed by atoms with E-state index in [1.165, 1.54) is 50.3 Å². The molecule has 1 heterocycles. The molecule has 0 spiro atoms. The van der Waals surface area contributed by atoms with Gasteiger partial charge in [0.05, 0.1) is 0 Å². The van der Waals surface area contributed by atoms with E-state index in [9.17, 15) is 0 Å². The lowest BCUT2D eigenvalue weighted by Crippen LogP contribution is -2.57. The van der Waals surface area contributed by atoms with Crippen LogP contribution in [0.25, 0.3) is 0 Å². The molecule has 2 rings (SSSR count). The van der Waals surface area contributed by atoms with Gasteiger partial charge in [0.2, 0.25) is 0 Å². The molecule has 0 unspecified atom stereocenters. The molecule has 4 nitrogen and oxygen atoms in total. The molecule has 2 aliphatic rings. The molecule has 0 atom stereocenters. The molecule has 1 saturated carbocycles. The average Bonchev–Trinajstić information content (AvgIpc) is 2.98. The quantitative estimate of drug-likeness (QED) is 0.308. The smallest absolute Gasteiger partial charge is 0.191 e. The van der Waals surface area contributed by atoms with Crippen LogP contribution in [0.1, 0.15) is 25.7 Å². The number of nitrogens with one attached hydrogen (secondary N) is 2. The fourth-order valence-corrected chi connectivity index (χ4v) is 4.22. The van der Waals surface area contributed by atoms with Crippen molar-refractivity contribution in [3.63, 3.8) is 0 Å². The van der Waals surface area contributed by atoms with E-state index in [0.29, 0.717) is 5.54 Å². The average molecular weight is 424 g/mol. The van der Waals surface area contributed by atoms with E-state index in [1.54, 1.807) is 0 Å². The number of guanidine groups is 1. The Balaban J connectivity index is 0.00000220. The standard InChI is InChI=1S/C15H28N4S.HI/c1-3-8-17-14(16-2)18-13-15(6-4-5-7-15)19-9-11-20-12-10-19;/h3H,1,4-13H2,2H3,(H2,16,17,18);1H. The molecule has 0 aromatic rings. The van der Waals surface area contributed by atoms with E-state index in [4.69, 9.17) is 0 Å². The van der Waals surface area contributed by atoms with Crippen molar-refractivity contribution < 1.29 is 0 Å². The first-order valence-corrected chi connectivity index (χ1v) is 8.84. The van der Waals surface area contributed by atoms with Crippen molar-refractivity contribution in [1.82, 2.24) is 15.5 Å². The number of halogens is 1. The molecule has 0 radical (unpaired) electrons. The summed E-state index contributed by atoms with van der Waals surface area (Å²) in [4.78, 5) is 7.01. The van der Waals surface area contributed by atoms with Crippen LogP contribution < -0.4 is 10.6 Å². The lowest BCUT2D eigenvalue weighted by atomic mass is 9.94. The fourth-order valence-electron chi connectivity index (χ4n) is 3.31. The Labute approximate surface area is 150 Å². The van der Waals surface area contributed by atoms with Crippen LogP contribution in [-0.2, 0) is 0 Å². The van der Waals surface area contributed by atoms with Crippen molar-refractivity contribution in [2.24, 2.45) is 4.99 Å².